The quantitative estimate of drug-likeness (QED) is 0.425. The van der Waals surface area contributed by atoms with E-state index in [-0.39, 0.29) is 17.5 Å². The molecular weight excluding hydrogens is 394 g/mol. The van der Waals surface area contributed by atoms with Gasteiger partial charge in [-0.05, 0) is 32.0 Å². The van der Waals surface area contributed by atoms with Crippen molar-refractivity contribution < 1.29 is 23.5 Å². The molecule has 0 fully saturated rings. The molecule has 0 unspecified atom stereocenters. The highest BCUT2D eigenvalue weighted by atomic mass is 32.1. The van der Waals surface area contributed by atoms with E-state index in [1.54, 1.807) is 31.7 Å². The molecule has 0 saturated carbocycles. The van der Waals surface area contributed by atoms with Crippen LogP contribution in [0.4, 0.5) is 0 Å². The number of ether oxygens (including phenoxy) is 2. The predicted molar refractivity (Wildman–Crippen MR) is 108 cm³/mol. The molecule has 1 N–H and O–H groups in total. The monoisotopic (exact) mass is 417 g/mol. The van der Waals surface area contributed by atoms with Gasteiger partial charge in [0.1, 0.15) is 5.76 Å². The molecule has 0 spiro atoms. The van der Waals surface area contributed by atoms with Gasteiger partial charge in [-0.3, -0.25) is 4.79 Å². The second-order valence-corrected chi connectivity index (χ2v) is 7.06. The summed E-state index contributed by atoms with van der Waals surface area (Å²) in [5.41, 5.74) is 2.64. The summed E-state index contributed by atoms with van der Waals surface area (Å²) in [5.74, 6) is 0.0964. The van der Waals surface area contributed by atoms with E-state index in [1.807, 2.05) is 23.6 Å². The molecule has 0 aliphatic heterocycles. The van der Waals surface area contributed by atoms with Gasteiger partial charge in [0.25, 0.3) is 5.91 Å². The minimum absolute atomic E-state index is 0.195. The Labute approximate surface area is 172 Å². The molecule has 9 heteroatoms. The van der Waals surface area contributed by atoms with Crippen LogP contribution in [-0.2, 0) is 16.0 Å². The third-order valence-electron chi connectivity index (χ3n) is 4.31. The standard InChI is InChI=1S/C20H23N3O5S/c1-4-27-20(25)19-22-16(12-29-19)17-10-15(18(24)21-7-9-26-3)13(2)23(17)11-14-6-5-8-28-14/h5-6,8,10,12H,4,7,9,11H2,1-3H3,(H,21,24). The highest BCUT2D eigenvalue weighted by molar-refractivity contribution is 7.11. The number of carbonyl (C=O) groups is 2. The zero-order valence-corrected chi connectivity index (χ0v) is 17.4. The highest BCUT2D eigenvalue weighted by Gasteiger charge is 2.22. The molecule has 0 saturated heterocycles. The van der Waals surface area contributed by atoms with Crippen molar-refractivity contribution in [2.24, 2.45) is 0 Å². The Balaban J connectivity index is 1.97. The van der Waals surface area contributed by atoms with E-state index in [0.717, 1.165) is 17.1 Å². The predicted octanol–water partition coefficient (Wildman–Crippen LogP) is 3.11. The third kappa shape index (κ3) is 4.75. The van der Waals surface area contributed by atoms with Gasteiger partial charge in [-0.2, -0.15) is 0 Å². The maximum absolute atomic E-state index is 12.6. The van der Waals surface area contributed by atoms with E-state index < -0.39 is 5.97 Å². The molecule has 0 radical (unpaired) electrons. The van der Waals surface area contributed by atoms with Crippen LogP contribution in [0.5, 0.6) is 0 Å². The molecule has 3 heterocycles. The Morgan fingerprint density at radius 1 is 1.38 bits per heavy atom. The first-order valence-corrected chi connectivity index (χ1v) is 10.1. The summed E-state index contributed by atoms with van der Waals surface area (Å²) in [5, 5.41) is 4.90. The van der Waals surface area contributed by atoms with E-state index in [0.29, 0.717) is 31.0 Å². The Kier molecular flexibility index (Phi) is 6.84. The van der Waals surface area contributed by atoms with Crippen molar-refractivity contribution in [3.8, 4) is 11.4 Å². The average molecular weight is 417 g/mol. The molecule has 1 amide bonds. The normalized spacial score (nSPS) is 10.9. The van der Waals surface area contributed by atoms with Crippen LogP contribution < -0.4 is 5.32 Å². The fourth-order valence-corrected chi connectivity index (χ4v) is 3.59. The van der Waals surface area contributed by atoms with E-state index in [9.17, 15) is 9.59 Å². The second-order valence-electron chi connectivity index (χ2n) is 6.20. The van der Waals surface area contributed by atoms with Gasteiger partial charge >= 0.3 is 5.97 Å². The Hall–Kier alpha value is -2.91. The van der Waals surface area contributed by atoms with Crippen LogP contribution >= 0.6 is 11.3 Å². The van der Waals surface area contributed by atoms with Gasteiger partial charge in [-0.25, -0.2) is 9.78 Å². The summed E-state index contributed by atoms with van der Waals surface area (Å²) in [4.78, 5) is 29.0. The minimum atomic E-state index is -0.456. The number of hydrogen-bond acceptors (Lipinski definition) is 7. The number of furan rings is 1. The molecule has 29 heavy (non-hydrogen) atoms. The molecule has 0 aromatic carbocycles. The zero-order valence-electron chi connectivity index (χ0n) is 16.6. The summed E-state index contributed by atoms with van der Waals surface area (Å²) in [6.07, 6.45) is 1.61. The van der Waals surface area contributed by atoms with Crippen molar-refractivity contribution >= 4 is 23.2 Å². The first kappa shape index (κ1) is 20.8. The number of thiazole rings is 1. The number of hydrogen-bond donors (Lipinski definition) is 1. The van der Waals surface area contributed by atoms with Gasteiger partial charge in [0.15, 0.2) is 0 Å². The smallest absolute Gasteiger partial charge is 0.367 e. The maximum Gasteiger partial charge on any atom is 0.367 e. The van der Waals surface area contributed by atoms with Crippen LogP contribution in [0.25, 0.3) is 11.4 Å². The number of amides is 1. The Morgan fingerprint density at radius 2 is 2.21 bits per heavy atom. The van der Waals surface area contributed by atoms with E-state index in [2.05, 4.69) is 10.3 Å². The second kappa shape index (κ2) is 9.53. The lowest BCUT2D eigenvalue weighted by Crippen LogP contribution is -2.27. The molecule has 3 aromatic rings. The zero-order chi connectivity index (χ0) is 20.8. The van der Waals surface area contributed by atoms with Gasteiger partial charge < -0.3 is 23.8 Å². The number of nitrogens with one attached hydrogen (secondary N) is 1. The lowest BCUT2D eigenvalue weighted by Gasteiger charge is -2.09. The van der Waals surface area contributed by atoms with Crippen LogP contribution in [0.3, 0.4) is 0 Å². The van der Waals surface area contributed by atoms with E-state index >= 15 is 0 Å². The van der Waals surface area contributed by atoms with Gasteiger partial charge in [-0.15, -0.1) is 11.3 Å². The lowest BCUT2D eigenvalue weighted by molar-refractivity contribution is 0.0526. The van der Waals surface area contributed by atoms with Crippen LogP contribution in [0, 0.1) is 6.92 Å². The number of aromatic nitrogens is 2. The summed E-state index contributed by atoms with van der Waals surface area (Å²) in [6.45, 7) is 5.19. The maximum atomic E-state index is 12.6. The third-order valence-corrected chi connectivity index (χ3v) is 5.14. The molecule has 154 valence electrons. The first-order chi connectivity index (χ1) is 14.0. The Bertz CT molecular complexity index is 975. The summed E-state index contributed by atoms with van der Waals surface area (Å²) >= 11 is 1.21. The highest BCUT2D eigenvalue weighted by Crippen LogP contribution is 2.28. The van der Waals surface area contributed by atoms with Crippen LogP contribution in [-0.4, -0.2) is 48.3 Å². The number of nitrogens with zero attached hydrogens (tertiary/aromatic N) is 2. The van der Waals surface area contributed by atoms with Gasteiger partial charge in [-0.1, -0.05) is 0 Å². The summed E-state index contributed by atoms with van der Waals surface area (Å²) < 4.78 is 17.4. The van der Waals surface area contributed by atoms with Crippen molar-refractivity contribution in [3.05, 3.63) is 51.9 Å². The number of rotatable bonds is 9. The van der Waals surface area contributed by atoms with Gasteiger partial charge in [0.05, 0.1) is 43.0 Å². The largest absolute Gasteiger partial charge is 0.467 e. The fraction of sp³-hybridized carbons (Fsp3) is 0.350. The first-order valence-electron chi connectivity index (χ1n) is 9.17. The molecule has 0 aliphatic rings. The van der Waals surface area contributed by atoms with Crippen LogP contribution in [0.15, 0.2) is 34.3 Å². The molecule has 0 aliphatic carbocycles. The molecule has 8 nitrogen and oxygen atoms in total. The molecule has 3 aromatic heterocycles. The molecule has 0 bridgehead atoms. The van der Waals surface area contributed by atoms with Crippen LogP contribution in [0.1, 0.15) is 38.5 Å². The van der Waals surface area contributed by atoms with E-state index in [1.165, 1.54) is 11.3 Å². The van der Waals surface area contributed by atoms with Crippen molar-refractivity contribution in [1.29, 1.82) is 0 Å². The Morgan fingerprint density at radius 3 is 2.90 bits per heavy atom. The van der Waals surface area contributed by atoms with Crippen molar-refractivity contribution in [1.82, 2.24) is 14.9 Å². The van der Waals surface area contributed by atoms with Crippen molar-refractivity contribution in [3.63, 3.8) is 0 Å². The van der Waals surface area contributed by atoms with E-state index in [4.69, 9.17) is 13.9 Å². The van der Waals surface area contributed by atoms with Crippen molar-refractivity contribution in [2.75, 3.05) is 26.9 Å². The topological polar surface area (TPSA) is 95.6 Å². The SMILES string of the molecule is CCOC(=O)c1nc(-c2cc(C(=O)NCCOC)c(C)n2Cc2ccco2)cs1. The molecule has 0 atom stereocenters. The number of methoxy groups -OCH3 is 1. The number of esters is 1. The number of carbonyl (C=O) groups excluding carboxylic acids is 2. The van der Waals surface area contributed by atoms with Gasteiger partial charge in [0.2, 0.25) is 5.01 Å². The average Bonchev–Trinajstić information content (AvgIpc) is 3.44. The minimum Gasteiger partial charge on any atom is -0.467 e. The fourth-order valence-electron chi connectivity index (χ4n) is 2.89. The van der Waals surface area contributed by atoms with Gasteiger partial charge in [0, 0.05) is 24.7 Å². The molecule has 3 rings (SSSR count). The van der Waals surface area contributed by atoms with Crippen LogP contribution in [0.2, 0.25) is 0 Å². The van der Waals surface area contributed by atoms with Crippen molar-refractivity contribution in [2.45, 2.75) is 20.4 Å². The summed E-state index contributed by atoms with van der Waals surface area (Å²) in [6, 6.07) is 5.46. The summed E-state index contributed by atoms with van der Waals surface area (Å²) in [7, 11) is 1.58. The lowest BCUT2D eigenvalue weighted by atomic mass is 10.2. The molecular formula is C20H23N3O5S.